The van der Waals surface area contributed by atoms with Crippen LogP contribution in [0.4, 0.5) is 10.5 Å². The van der Waals surface area contributed by atoms with Gasteiger partial charge in [0.1, 0.15) is 29.2 Å². The standard InChI is InChI=1S/C30H42N2O7/c1-6-22(33)12-14-25(34)32-21-10-8-20(9-11-21)17-31-28(35)38-23-15-16-30(18-37-30)27(26(23)36-5)29(4)24(39-29)13-7-19(2)3/h7-11,23-24,26-27H,6,12-18H2,1-5H3,(H,31,35)(H,32,34)/t23-,24-,26-,27-,29?,30+/m1/s1. The van der Waals surface area contributed by atoms with Crippen molar-refractivity contribution in [2.24, 2.45) is 5.92 Å². The summed E-state index contributed by atoms with van der Waals surface area (Å²) in [5.74, 6) is -0.157. The molecule has 1 spiro atoms. The lowest BCUT2D eigenvalue weighted by Gasteiger charge is -2.42. The van der Waals surface area contributed by atoms with Crippen molar-refractivity contribution in [1.82, 2.24) is 5.32 Å². The molecule has 1 aromatic carbocycles. The number of alkyl carbamates (subject to hydrolysis) is 1. The normalized spacial score (nSPS) is 30.8. The van der Waals surface area contributed by atoms with Crippen molar-refractivity contribution >= 4 is 23.5 Å². The maximum atomic E-state index is 12.8. The highest BCUT2D eigenvalue weighted by molar-refractivity contribution is 5.93. The second-order valence-corrected chi connectivity index (χ2v) is 11.3. The van der Waals surface area contributed by atoms with Crippen LogP contribution in [0.1, 0.15) is 71.8 Å². The van der Waals surface area contributed by atoms with E-state index in [1.807, 2.05) is 12.1 Å². The van der Waals surface area contributed by atoms with Crippen molar-refractivity contribution < 1.29 is 33.3 Å². The minimum atomic E-state index is -0.505. The van der Waals surface area contributed by atoms with Crippen molar-refractivity contribution in [3.05, 3.63) is 41.5 Å². The first-order valence-corrected chi connectivity index (χ1v) is 13.9. The lowest BCUT2D eigenvalue weighted by Crippen LogP contribution is -2.56. The van der Waals surface area contributed by atoms with Gasteiger partial charge in [-0.05, 0) is 57.7 Å². The van der Waals surface area contributed by atoms with E-state index in [9.17, 15) is 14.4 Å². The van der Waals surface area contributed by atoms with Gasteiger partial charge < -0.3 is 29.6 Å². The third-order valence-electron chi connectivity index (χ3n) is 8.20. The van der Waals surface area contributed by atoms with Gasteiger partial charge in [-0.3, -0.25) is 9.59 Å². The van der Waals surface area contributed by atoms with E-state index in [0.717, 1.165) is 18.4 Å². The van der Waals surface area contributed by atoms with E-state index >= 15 is 0 Å². The fourth-order valence-corrected chi connectivity index (χ4v) is 5.78. The summed E-state index contributed by atoms with van der Waals surface area (Å²) in [7, 11) is 1.66. The van der Waals surface area contributed by atoms with Crippen LogP contribution in [0.15, 0.2) is 35.9 Å². The summed E-state index contributed by atoms with van der Waals surface area (Å²) in [6.07, 6.45) is 4.19. The topological polar surface area (TPSA) is 119 Å². The van der Waals surface area contributed by atoms with Gasteiger partial charge in [-0.25, -0.2) is 4.79 Å². The van der Waals surface area contributed by atoms with Gasteiger partial charge in [0.15, 0.2) is 0 Å². The Morgan fingerprint density at radius 3 is 2.49 bits per heavy atom. The monoisotopic (exact) mass is 542 g/mol. The number of ether oxygens (including phenoxy) is 4. The van der Waals surface area contributed by atoms with E-state index in [1.54, 1.807) is 26.2 Å². The molecule has 2 heterocycles. The summed E-state index contributed by atoms with van der Waals surface area (Å²) in [4.78, 5) is 36.2. The molecule has 1 aliphatic carbocycles. The zero-order valence-electron chi connectivity index (χ0n) is 23.7. The van der Waals surface area contributed by atoms with E-state index < -0.39 is 12.2 Å². The molecule has 0 aromatic heterocycles. The summed E-state index contributed by atoms with van der Waals surface area (Å²) in [6, 6.07) is 7.19. The van der Waals surface area contributed by atoms with Crippen LogP contribution in [0.2, 0.25) is 0 Å². The van der Waals surface area contributed by atoms with Gasteiger partial charge >= 0.3 is 6.09 Å². The summed E-state index contributed by atoms with van der Waals surface area (Å²) in [5, 5.41) is 5.61. The number of methoxy groups -OCH3 is 1. The highest BCUT2D eigenvalue weighted by atomic mass is 16.6. The molecule has 2 saturated heterocycles. The van der Waals surface area contributed by atoms with Crippen LogP contribution in [0.25, 0.3) is 0 Å². The molecule has 2 N–H and O–H groups in total. The maximum Gasteiger partial charge on any atom is 0.407 e. The average molecular weight is 543 g/mol. The minimum Gasteiger partial charge on any atom is -0.443 e. The number of amides is 2. The molecular weight excluding hydrogens is 500 g/mol. The first-order valence-electron chi connectivity index (χ1n) is 13.9. The third kappa shape index (κ3) is 7.07. The average Bonchev–Trinajstić information content (AvgIpc) is 3.83. The quantitative estimate of drug-likeness (QED) is 0.291. The lowest BCUT2D eigenvalue weighted by molar-refractivity contribution is -0.122. The van der Waals surface area contributed by atoms with Crippen molar-refractivity contribution in [3.8, 4) is 0 Å². The largest absolute Gasteiger partial charge is 0.443 e. The van der Waals surface area contributed by atoms with Crippen LogP contribution >= 0.6 is 0 Å². The second kappa shape index (κ2) is 12.2. The van der Waals surface area contributed by atoms with E-state index in [1.165, 1.54) is 5.57 Å². The molecule has 0 radical (unpaired) electrons. The highest BCUT2D eigenvalue weighted by Gasteiger charge is 2.72. The number of carbonyl (C=O) groups is 3. The summed E-state index contributed by atoms with van der Waals surface area (Å²) >= 11 is 0. The Morgan fingerprint density at radius 2 is 1.87 bits per heavy atom. The Hall–Kier alpha value is -2.75. The van der Waals surface area contributed by atoms with Crippen LogP contribution in [0, 0.1) is 5.92 Å². The number of ketones is 1. The molecule has 39 heavy (non-hydrogen) atoms. The molecule has 2 aliphatic heterocycles. The SMILES string of the molecule is CCC(=O)CCC(=O)Nc1ccc(CNC(=O)O[C@@H]2CC[C@]3(CO3)[C@@H](C3(C)O[C@@H]3CC=C(C)C)[C@@H]2OC)cc1. The fourth-order valence-electron chi connectivity index (χ4n) is 5.78. The molecule has 1 unspecified atom stereocenters. The summed E-state index contributed by atoms with van der Waals surface area (Å²) in [5.41, 5.74) is 2.11. The van der Waals surface area contributed by atoms with Gasteiger partial charge in [-0.15, -0.1) is 0 Å². The van der Waals surface area contributed by atoms with Crippen molar-refractivity contribution in [3.63, 3.8) is 0 Å². The second-order valence-electron chi connectivity index (χ2n) is 11.3. The number of epoxide rings is 2. The predicted molar refractivity (Wildman–Crippen MR) is 146 cm³/mol. The predicted octanol–water partition coefficient (Wildman–Crippen LogP) is 4.69. The Kier molecular flexibility index (Phi) is 9.14. The molecule has 1 aromatic rings. The molecule has 3 fully saturated rings. The number of benzene rings is 1. The van der Waals surface area contributed by atoms with Crippen LogP contribution in [-0.2, 0) is 35.1 Å². The van der Waals surface area contributed by atoms with Gasteiger partial charge in [0.05, 0.1) is 18.6 Å². The minimum absolute atomic E-state index is 0.0278. The van der Waals surface area contributed by atoms with Crippen molar-refractivity contribution in [1.29, 1.82) is 0 Å². The molecule has 9 nitrogen and oxygen atoms in total. The number of anilines is 1. The molecule has 214 valence electrons. The molecule has 4 rings (SSSR count). The summed E-state index contributed by atoms with van der Waals surface area (Å²) in [6.45, 7) is 9.03. The third-order valence-corrected chi connectivity index (χ3v) is 8.20. The lowest BCUT2D eigenvalue weighted by atomic mass is 9.68. The number of Topliss-reactive ketones (excluding diaryl/α,β-unsaturated/α-hetero) is 1. The van der Waals surface area contributed by atoms with Gasteiger partial charge in [0, 0.05) is 38.6 Å². The van der Waals surface area contributed by atoms with Crippen molar-refractivity contribution in [2.75, 3.05) is 19.0 Å². The van der Waals surface area contributed by atoms with Gasteiger partial charge in [-0.1, -0.05) is 30.7 Å². The molecule has 9 heteroatoms. The van der Waals surface area contributed by atoms with Crippen LogP contribution in [0.5, 0.6) is 0 Å². The molecule has 0 bridgehead atoms. The van der Waals surface area contributed by atoms with E-state index in [-0.39, 0.29) is 60.4 Å². The number of nitrogens with one attached hydrogen (secondary N) is 2. The number of hydrogen-bond donors (Lipinski definition) is 2. The van der Waals surface area contributed by atoms with Gasteiger partial charge in [0.2, 0.25) is 5.91 Å². The number of rotatable bonds is 12. The van der Waals surface area contributed by atoms with Crippen molar-refractivity contribution in [2.45, 2.75) is 102 Å². The molecular formula is C30H42N2O7. The van der Waals surface area contributed by atoms with E-state index in [0.29, 0.717) is 25.1 Å². The maximum absolute atomic E-state index is 12.8. The zero-order valence-corrected chi connectivity index (χ0v) is 23.7. The van der Waals surface area contributed by atoms with Gasteiger partial charge in [-0.2, -0.15) is 0 Å². The number of hydrogen-bond acceptors (Lipinski definition) is 7. The zero-order chi connectivity index (χ0) is 28.2. The Balaban J connectivity index is 1.28. The molecule has 3 aliphatic rings. The Bertz CT molecular complexity index is 1080. The summed E-state index contributed by atoms with van der Waals surface area (Å²) < 4.78 is 24.0. The molecule has 6 atom stereocenters. The first kappa shape index (κ1) is 29.2. The Morgan fingerprint density at radius 1 is 1.15 bits per heavy atom. The highest BCUT2D eigenvalue weighted by Crippen LogP contribution is 2.59. The van der Waals surface area contributed by atoms with Crippen LogP contribution in [0.3, 0.4) is 0 Å². The van der Waals surface area contributed by atoms with E-state index in [2.05, 4.69) is 37.5 Å². The number of carbonyl (C=O) groups excluding carboxylic acids is 3. The molecule has 2 amide bonds. The Labute approximate surface area is 231 Å². The van der Waals surface area contributed by atoms with E-state index in [4.69, 9.17) is 18.9 Å². The van der Waals surface area contributed by atoms with Crippen LogP contribution in [-0.4, -0.2) is 61.0 Å². The van der Waals surface area contributed by atoms with Crippen LogP contribution < -0.4 is 10.6 Å². The fraction of sp³-hybridized carbons (Fsp3) is 0.633. The molecule has 1 saturated carbocycles. The van der Waals surface area contributed by atoms with Gasteiger partial charge in [0.25, 0.3) is 0 Å². The first-order chi connectivity index (χ1) is 18.6. The smallest absolute Gasteiger partial charge is 0.407 e. The number of allylic oxidation sites excluding steroid dienone is 1.